The summed E-state index contributed by atoms with van der Waals surface area (Å²) in [5, 5.41) is 16.6. The molecule has 1 unspecified atom stereocenters. The highest BCUT2D eigenvalue weighted by molar-refractivity contribution is 6.16. The van der Waals surface area contributed by atoms with Gasteiger partial charge in [0.15, 0.2) is 0 Å². The third-order valence-corrected chi connectivity index (χ3v) is 12.1. The average molecular weight is 684 g/mol. The number of hydrogen-bond donors (Lipinski definition) is 0. The van der Waals surface area contributed by atoms with Gasteiger partial charge in [0.1, 0.15) is 11.2 Å². The van der Waals surface area contributed by atoms with Crippen LogP contribution in [-0.4, -0.2) is 0 Å². The summed E-state index contributed by atoms with van der Waals surface area (Å²) in [5.41, 5.74) is 17.0. The lowest BCUT2D eigenvalue weighted by atomic mass is 9.70. The fraction of sp³-hybridized carbons (Fsp3) is 0.0192. The van der Waals surface area contributed by atoms with Crippen LogP contribution in [0.3, 0.4) is 0 Å². The van der Waals surface area contributed by atoms with Crippen LogP contribution < -0.4 is 0 Å². The Morgan fingerprint density at radius 2 is 0.926 bits per heavy atom. The molecule has 1 atom stereocenters. The molecule has 54 heavy (non-hydrogen) atoms. The SMILES string of the molecule is N#Cc1ccc2cc(-c3cccc4c3-c3ccccc3C43c4ccccc4-c4c(-c5cccc6c5oc5ccccc56)cccc43)c3ccccc3c2c1. The van der Waals surface area contributed by atoms with Crippen molar-refractivity contribution < 1.29 is 4.42 Å². The number of fused-ring (bicyclic) bond motifs is 16. The van der Waals surface area contributed by atoms with E-state index < -0.39 is 5.41 Å². The van der Waals surface area contributed by atoms with E-state index >= 15 is 0 Å². The van der Waals surface area contributed by atoms with E-state index in [1.165, 1.54) is 66.6 Å². The molecule has 0 amide bonds. The van der Waals surface area contributed by atoms with Gasteiger partial charge in [0.05, 0.1) is 17.0 Å². The summed E-state index contributed by atoms with van der Waals surface area (Å²) >= 11 is 0. The van der Waals surface area contributed by atoms with Crippen LogP contribution in [0.15, 0.2) is 180 Å². The molecule has 0 N–H and O–H groups in total. The maximum absolute atomic E-state index is 9.74. The zero-order valence-corrected chi connectivity index (χ0v) is 29.1. The molecule has 12 rings (SSSR count). The number of nitrogens with zero attached hydrogens (tertiary/aromatic N) is 1. The molecule has 0 bridgehead atoms. The Morgan fingerprint density at radius 1 is 0.389 bits per heavy atom. The minimum atomic E-state index is -0.514. The van der Waals surface area contributed by atoms with Crippen molar-refractivity contribution in [3.63, 3.8) is 0 Å². The van der Waals surface area contributed by atoms with Gasteiger partial charge in [0.25, 0.3) is 0 Å². The molecule has 0 fully saturated rings. The molecule has 10 aromatic rings. The largest absolute Gasteiger partial charge is 0.455 e. The summed E-state index contributed by atoms with van der Waals surface area (Å²) < 4.78 is 6.64. The van der Waals surface area contributed by atoms with Gasteiger partial charge in [-0.05, 0) is 107 Å². The predicted molar refractivity (Wildman–Crippen MR) is 221 cm³/mol. The maximum Gasteiger partial charge on any atom is 0.143 e. The van der Waals surface area contributed by atoms with Crippen molar-refractivity contribution in [3.8, 4) is 50.6 Å². The van der Waals surface area contributed by atoms with Gasteiger partial charge in [0, 0.05) is 16.3 Å². The van der Waals surface area contributed by atoms with Crippen LogP contribution in [0.1, 0.15) is 27.8 Å². The third kappa shape index (κ3) is 3.63. The van der Waals surface area contributed by atoms with Gasteiger partial charge in [-0.2, -0.15) is 5.26 Å². The van der Waals surface area contributed by atoms with E-state index in [0.717, 1.165) is 43.7 Å². The normalized spacial score (nSPS) is 15.1. The Balaban J connectivity index is 1.18. The molecule has 0 radical (unpaired) electrons. The van der Waals surface area contributed by atoms with E-state index in [0.29, 0.717) is 5.56 Å². The van der Waals surface area contributed by atoms with E-state index in [1.807, 2.05) is 18.2 Å². The molecule has 0 saturated carbocycles. The highest BCUT2D eigenvalue weighted by Crippen LogP contribution is 2.65. The maximum atomic E-state index is 9.74. The van der Waals surface area contributed by atoms with Crippen LogP contribution in [0.2, 0.25) is 0 Å². The molecule has 0 saturated heterocycles. The number of rotatable bonds is 2. The molecule has 2 heteroatoms. The number of hydrogen-bond acceptors (Lipinski definition) is 2. The van der Waals surface area contributed by atoms with Crippen molar-refractivity contribution in [2.24, 2.45) is 0 Å². The molecule has 0 aliphatic heterocycles. The number of nitriles is 1. The van der Waals surface area contributed by atoms with Crippen LogP contribution in [0, 0.1) is 11.3 Å². The van der Waals surface area contributed by atoms with E-state index in [1.54, 1.807) is 0 Å². The lowest BCUT2D eigenvalue weighted by Crippen LogP contribution is -2.25. The fourth-order valence-corrected chi connectivity index (χ4v) is 10.0. The summed E-state index contributed by atoms with van der Waals surface area (Å²) in [7, 11) is 0. The lowest BCUT2D eigenvalue weighted by molar-refractivity contribution is 0.670. The van der Waals surface area contributed by atoms with E-state index in [-0.39, 0.29) is 0 Å². The second-order valence-corrected chi connectivity index (χ2v) is 14.6. The van der Waals surface area contributed by atoms with Crippen molar-refractivity contribution in [2.75, 3.05) is 0 Å². The van der Waals surface area contributed by atoms with Crippen LogP contribution in [0.5, 0.6) is 0 Å². The summed E-state index contributed by atoms with van der Waals surface area (Å²) in [6.45, 7) is 0. The molecule has 2 aliphatic rings. The minimum absolute atomic E-state index is 0.514. The fourth-order valence-electron chi connectivity index (χ4n) is 10.0. The van der Waals surface area contributed by atoms with Crippen molar-refractivity contribution in [1.29, 1.82) is 5.26 Å². The first-order valence-electron chi connectivity index (χ1n) is 18.5. The van der Waals surface area contributed by atoms with Gasteiger partial charge in [0.2, 0.25) is 0 Å². The second-order valence-electron chi connectivity index (χ2n) is 14.6. The highest BCUT2D eigenvalue weighted by Gasteiger charge is 2.52. The topological polar surface area (TPSA) is 36.9 Å². The third-order valence-electron chi connectivity index (χ3n) is 12.1. The van der Waals surface area contributed by atoms with Gasteiger partial charge in [-0.15, -0.1) is 0 Å². The Bertz CT molecular complexity index is 3300. The first kappa shape index (κ1) is 29.4. The Labute approximate surface area is 311 Å². The van der Waals surface area contributed by atoms with E-state index in [4.69, 9.17) is 4.42 Å². The molecular formula is C52H29NO. The predicted octanol–water partition coefficient (Wildman–Crippen LogP) is 13.4. The van der Waals surface area contributed by atoms with Crippen molar-refractivity contribution in [3.05, 3.63) is 204 Å². The quantitative estimate of drug-likeness (QED) is 0.170. The molecular weight excluding hydrogens is 655 g/mol. The lowest BCUT2D eigenvalue weighted by Gasteiger charge is -2.30. The molecule has 9 aromatic carbocycles. The summed E-state index contributed by atoms with van der Waals surface area (Å²) in [5.74, 6) is 0. The van der Waals surface area contributed by atoms with Crippen molar-refractivity contribution in [1.82, 2.24) is 0 Å². The van der Waals surface area contributed by atoms with Gasteiger partial charge in [-0.1, -0.05) is 152 Å². The summed E-state index contributed by atoms with van der Waals surface area (Å²) in [4.78, 5) is 0. The van der Waals surface area contributed by atoms with Crippen LogP contribution in [0.25, 0.3) is 88.0 Å². The summed E-state index contributed by atoms with van der Waals surface area (Å²) in [6, 6.07) is 66.1. The average Bonchev–Trinajstić information content (AvgIpc) is 3.87. The second kappa shape index (κ2) is 10.7. The monoisotopic (exact) mass is 683 g/mol. The van der Waals surface area contributed by atoms with E-state index in [9.17, 15) is 5.26 Å². The zero-order chi connectivity index (χ0) is 35.5. The first-order chi connectivity index (χ1) is 26.8. The Hall–Kier alpha value is -7.21. The molecule has 1 heterocycles. The molecule has 248 valence electrons. The number of benzene rings is 9. The molecule has 1 aromatic heterocycles. The Kier molecular flexibility index (Phi) is 5.80. The number of para-hydroxylation sites is 2. The van der Waals surface area contributed by atoms with Gasteiger partial charge < -0.3 is 4.42 Å². The highest BCUT2D eigenvalue weighted by atomic mass is 16.3. The van der Waals surface area contributed by atoms with Gasteiger partial charge in [-0.25, -0.2) is 0 Å². The van der Waals surface area contributed by atoms with Crippen LogP contribution >= 0.6 is 0 Å². The standard InChI is InChI=1S/C52H29NO/c53-30-31-26-27-32-29-43(34-13-2-1-12-33(34)42(32)28-31)37-18-11-24-47-50(37)41-16-4-7-22-45(41)52(47)44-21-6-3-15-40(44)49-36(17-10-23-46(49)52)39-20-9-19-38-35-14-5-8-25-48(35)54-51(38)39/h1-29H. The van der Waals surface area contributed by atoms with Gasteiger partial charge in [-0.3, -0.25) is 0 Å². The smallest absolute Gasteiger partial charge is 0.143 e. The molecule has 2 nitrogen and oxygen atoms in total. The van der Waals surface area contributed by atoms with Crippen molar-refractivity contribution in [2.45, 2.75) is 5.41 Å². The Morgan fingerprint density at radius 3 is 1.65 bits per heavy atom. The minimum Gasteiger partial charge on any atom is -0.455 e. The van der Waals surface area contributed by atoms with Crippen LogP contribution in [0.4, 0.5) is 0 Å². The molecule has 1 spiro atoms. The number of furan rings is 1. The first-order valence-corrected chi connectivity index (χ1v) is 18.5. The van der Waals surface area contributed by atoms with Crippen molar-refractivity contribution >= 4 is 43.5 Å². The molecule has 2 aliphatic carbocycles. The van der Waals surface area contributed by atoms with E-state index in [2.05, 4.69) is 164 Å². The van der Waals surface area contributed by atoms with Crippen LogP contribution in [-0.2, 0) is 5.41 Å². The zero-order valence-electron chi connectivity index (χ0n) is 29.1. The van der Waals surface area contributed by atoms with Gasteiger partial charge >= 0.3 is 0 Å². The summed E-state index contributed by atoms with van der Waals surface area (Å²) in [6.07, 6.45) is 0.